The largest absolute Gasteiger partial charge is 0.463 e. The number of esters is 1. The Bertz CT molecular complexity index is 522. The summed E-state index contributed by atoms with van der Waals surface area (Å²) in [5.41, 5.74) is 6.03. The molecule has 0 saturated carbocycles. The van der Waals surface area contributed by atoms with E-state index in [1.165, 1.54) is 24.2 Å². The average molecular weight is 219 g/mol. The summed E-state index contributed by atoms with van der Waals surface area (Å²) in [7, 11) is 1.27. The second-order valence-corrected chi connectivity index (χ2v) is 2.95. The highest BCUT2D eigenvalue weighted by Gasteiger charge is 2.10. The van der Waals surface area contributed by atoms with Gasteiger partial charge < -0.3 is 10.5 Å². The lowest BCUT2D eigenvalue weighted by Crippen LogP contribution is -2.09. The minimum Gasteiger partial charge on any atom is -0.463 e. The second kappa shape index (κ2) is 3.97. The number of anilines is 1. The zero-order valence-corrected chi connectivity index (χ0v) is 8.49. The summed E-state index contributed by atoms with van der Waals surface area (Å²) in [6, 6.07) is 1.61. The SMILES string of the molecule is COC(=O)c1nccc(-n2cc(N)cn2)n1. The molecule has 0 spiro atoms. The van der Waals surface area contributed by atoms with Gasteiger partial charge in [0.25, 0.3) is 0 Å². The lowest BCUT2D eigenvalue weighted by Gasteiger charge is -2.01. The molecular formula is C9H9N5O2. The van der Waals surface area contributed by atoms with E-state index in [-0.39, 0.29) is 5.82 Å². The molecule has 0 aromatic carbocycles. The average Bonchev–Trinajstić information content (AvgIpc) is 2.75. The molecule has 2 heterocycles. The van der Waals surface area contributed by atoms with E-state index in [0.29, 0.717) is 11.5 Å². The minimum absolute atomic E-state index is 0.0194. The van der Waals surface area contributed by atoms with Crippen LogP contribution in [0.1, 0.15) is 10.6 Å². The van der Waals surface area contributed by atoms with Crippen LogP contribution in [0.15, 0.2) is 24.7 Å². The van der Waals surface area contributed by atoms with Gasteiger partial charge in [-0.2, -0.15) is 5.10 Å². The fourth-order valence-corrected chi connectivity index (χ4v) is 1.13. The second-order valence-electron chi connectivity index (χ2n) is 2.95. The number of rotatable bonds is 2. The first-order valence-corrected chi connectivity index (χ1v) is 4.42. The van der Waals surface area contributed by atoms with Gasteiger partial charge in [-0.15, -0.1) is 0 Å². The van der Waals surface area contributed by atoms with Crippen LogP contribution in [0.3, 0.4) is 0 Å². The van der Waals surface area contributed by atoms with Crippen LogP contribution in [-0.4, -0.2) is 32.8 Å². The Balaban J connectivity index is 2.39. The molecule has 0 aliphatic rings. The summed E-state index contributed by atoms with van der Waals surface area (Å²) in [6.07, 6.45) is 4.52. The number of ether oxygens (including phenoxy) is 1. The number of aromatic nitrogens is 4. The molecule has 7 heteroatoms. The molecule has 2 N–H and O–H groups in total. The Hall–Kier alpha value is -2.44. The van der Waals surface area contributed by atoms with Crippen molar-refractivity contribution in [2.45, 2.75) is 0 Å². The maximum Gasteiger partial charge on any atom is 0.376 e. The molecule has 0 unspecified atom stereocenters. The topological polar surface area (TPSA) is 95.9 Å². The summed E-state index contributed by atoms with van der Waals surface area (Å²) >= 11 is 0. The van der Waals surface area contributed by atoms with Gasteiger partial charge in [0.15, 0.2) is 5.82 Å². The Kier molecular flexibility index (Phi) is 2.50. The highest BCUT2D eigenvalue weighted by molar-refractivity contribution is 5.85. The molecule has 0 fully saturated rings. The van der Waals surface area contributed by atoms with Crippen molar-refractivity contribution in [1.29, 1.82) is 0 Å². The van der Waals surface area contributed by atoms with E-state index in [2.05, 4.69) is 19.8 Å². The van der Waals surface area contributed by atoms with E-state index in [1.54, 1.807) is 12.3 Å². The number of methoxy groups -OCH3 is 1. The van der Waals surface area contributed by atoms with Crippen LogP contribution in [0.2, 0.25) is 0 Å². The smallest absolute Gasteiger partial charge is 0.376 e. The lowest BCUT2D eigenvalue weighted by molar-refractivity contribution is 0.0586. The van der Waals surface area contributed by atoms with Gasteiger partial charge in [0, 0.05) is 12.3 Å². The first-order chi connectivity index (χ1) is 7.70. The Morgan fingerprint density at radius 1 is 1.56 bits per heavy atom. The first kappa shape index (κ1) is 10.1. The number of carbonyl (C=O) groups excluding carboxylic acids is 1. The summed E-state index contributed by atoms with van der Waals surface area (Å²) in [4.78, 5) is 19.0. The van der Waals surface area contributed by atoms with Crippen LogP contribution in [-0.2, 0) is 4.74 Å². The third-order valence-corrected chi connectivity index (χ3v) is 1.85. The van der Waals surface area contributed by atoms with Crippen LogP contribution in [0.4, 0.5) is 5.69 Å². The number of hydrogen-bond acceptors (Lipinski definition) is 6. The van der Waals surface area contributed by atoms with Gasteiger partial charge in [0.2, 0.25) is 5.82 Å². The third kappa shape index (κ3) is 1.83. The van der Waals surface area contributed by atoms with Gasteiger partial charge in [-0.25, -0.2) is 19.4 Å². The molecule has 0 amide bonds. The lowest BCUT2D eigenvalue weighted by atomic mass is 10.5. The van der Waals surface area contributed by atoms with Crippen molar-refractivity contribution in [3.8, 4) is 5.82 Å². The van der Waals surface area contributed by atoms with Crippen molar-refractivity contribution in [3.63, 3.8) is 0 Å². The van der Waals surface area contributed by atoms with Gasteiger partial charge in [-0.1, -0.05) is 0 Å². The van der Waals surface area contributed by atoms with Crippen molar-refractivity contribution in [2.75, 3.05) is 12.8 Å². The van der Waals surface area contributed by atoms with E-state index >= 15 is 0 Å². The zero-order chi connectivity index (χ0) is 11.5. The number of carbonyl (C=O) groups is 1. The standard InChI is InChI=1S/C9H9N5O2/c1-16-9(15)8-11-3-2-7(13-8)14-5-6(10)4-12-14/h2-5H,10H2,1H3. The summed E-state index contributed by atoms with van der Waals surface area (Å²) in [6.45, 7) is 0. The van der Waals surface area contributed by atoms with Gasteiger partial charge in [-0.05, 0) is 0 Å². The fourth-order valence-electron chi connectivity index (χ4n) is 1.13. The van der Waals surface area contributed by atoms with Gasteiger partial charge >= 0.3 is 5.97 Å². The Morgan fingerprint density at radius 2 is 2.38 bits per heavy atom. The molecule has 0 bridgehead atoms. The van der Waals surface area contributed by atoms with E-state index in [4.69, 9.17) is 5.73 Å². The van der Waals surface area contributed by atoms with Crippen LogP contribution in [0, 0.1) is 0 Å². The van der Waals surface area contributed by atoms with E-state index in [0.717, 1.165) is 0 Å². The zero-order valence-electron chi connectivity index (χ0n) is 8.49. The molecule has 0 saturated heterocycles. The van der Waals surface area contributed by atoms with Crippen LogP contribution >= 0.6 is 0 Å². The van der Waals surface area contributed by atoms with Crippen molar-refractivity contribution in [2.24, 2.45) is 0 Å². The fraction of sp³-hybridized carbons (Fsp3) is 0.111. The Labute approximate surface area is 90.9 Å². The van der Waals surface area contributed by atoms with Crippen LogP contribution in [0.25, 0.3) is 5.82 Å². The molecular weight excluding hydrogens is 210 g/mol. The highest BCUT2D eigenvalue weighted by Crippen LogP contribution is 2.06. The minimum atomic E-state index is -0.595. The highest BCUT2D eigenvalue weighted by atomic mass is 16.5. The van der Waals surface area contributed by atoms with Crippen molar-refractivity contribution in [3.05, 3.63) is 30.5 Å². The normalized spacial score (nSPS) is 10.1. The monoisotopic (exact) mass is 219 g/mol. The van der Waals surface area contributed by atoms with Crippen molar-refractivity contribution >= 4 is 11.7 Å². The molecule has 0 radical (unpaired) electrons. The molecule has 2 rings (SSSR count). The van der Waals surface area contributed by atoms with E-state index < -0.39 is 5.97 Å². The number of nitrogens with zero attached hydrogens (tertiary/aromatic N) is 4. The molecule has 2 aromatic rings. The molecule has 7 nitrogen and oxygen atoms in total. The maximum absolute atomic E-state index is 11.2. The predicted octanol–water partition coefficient (Wildman–Crippen LogP) is 0.0311. The van der Waals surface area contributed by atoms with Crippen molar-refractivity contribution < 1.29 is 9.53 Å². The Morgan fingerprint density at radius 3 is 3.00 bits per heavy atom. The predicted molar refractivity (Wildman–Crippen MR) is 54.9 cm³/mol. The summed E-state index contributed by atoms with van der Waals surface area (Å²) in [5, 5.41) is 3.96. The van der Waals surface area contributed by atoms with E-state index in [9.17, 15) is 4.79 Å². The molecule has 16 heavy (non-hydrogen) atoms. The van der Waals surface area contributed by atoms with Crippen molar-refractivity contribution in [1.82, 2.24) is 19.7 Å². The quantitative estimate of drug-likeness (QED) is 0.716. The molecule has 0 aliphatic heterocycles. The summed E-state index contributed by atoms with van der Waals surface area (Å²) < 4.78 is 5.96. The molecule has 0 atom stereocenters. The number of nitrogen functional groups attached to an aromatic ring is 1. The number of hydrogen-bond donors (Lipinski definition) is 1. The maximum atomic E-state index is 11.2. The first-order valence-electron chi connectivity index (χ1n) is 4.42. The van der Waals surface area contributed by atoms with Crippen LogP contribution < -0.4 is 5.73 Å². The third-order valence-electron chi connectivity index (χ3n) is 1.85. The summed E-state index contributed by atoms with van der Waals surface area (Å²) in [5.74, 6) is -0.164. The molecule has 82 valence electrons. The molecule has 2 aromatic heterocycles. The molecule has 0 aliphatic carbocycles. The van der Waals surface area contributed by atoms with Gasteiger partial charge in [-0.3, -0.25) is 0 Å². The van der Waals surface area contributed by atoms with Crippen LogP contribution in [0.5, 0.6) is 0 Å². The van der Waals surface area contributed by atoms with E-state index in [1.807, 2.05) is 0 Å². The van der Waals surface area contributed by atoms with Gasteiger partial charge in [0.1, 0.15) is 0 Å². The van der Waals surface area contributed by atoms with Gasteiger partial charge in [0.05, 0.1) is 25.2 Å². The number of nitrogens with two attached hydrogens (primary N) is 1.